The number of phenols is 1. The summed E-state index contributed by atoms with van der Waals surface area (Å²) in [6.07, 6.45) is -0.141. The highest BCUT2D eigenvalue weighted by atomic mass is 31.1. The van der Waals surface area contributed by atoms with Crippen LogP contribution in [-0.2, 0) is 14.7 Å². The lowest BCUT2D eigenvalue weighted by Crippen LogP contribution is -2.28. The van der Waals surface area contributed by atoms with Crippen LogP contribution >= 0.6 is 8.25 Å². The maximum Gasteiger partial charge on any atom is 0.394 e. The molecule has 1 heterocycles. The number of phenolic OH excluding ortho intramolecular Hbond substituents is 1. The quantitative estimate of drug-likeness (QED) is 0.506. The van der Waals surface area contributed by atoms with Crippen molar-refractivity contribution in [2.75, 3.05) is 0 Å². The summed E-state index contributed by atoms with van der Waals surface area (Å²) >= 11 is 0. The lowest BCUT2D eigenvalue weighted by atomic mass is 9.80. The van der Waals surface area contributed by atoms with Gasteiger partial charge in [-0.15, -0.1) is 4.67 Å². The van der Waals surface area contributed by atoms with Crippen molar-refractivity contribution in [1.82, 2.24) is 0 Å². The maximum atomic E-state index is 11.5. The van der Waals surface area contributed by atoms with E-state index >= 15 is 0 Å². The second-order valence-electron chi connectivity index (χ2n) is 5.85. The SMILES string of the molecule is C[C@H]1Oc2c(c(O)c(O[PH](=O)OO)c3ccccc23)C1(C)C. The molecule has 22 heavy (non-hydrogen) atoms. The first-order valence-corrected chi connectivity index (χ1v) is 8.08. The smallest absolute Gasteiger partial charge is 0.394 e. The van der Waals surface area contributed by atoms with Crippen molar-refractivity contribution in [2.24, 2.45) is 0 Å². The van der Waals surface area contributed by atoms with Crippen molar-refractivity contribution in [2.45, 2.75) is 32.3 Å². The molecule has 0 bridgehead atoms. The average Bonchev–Trinajstić information content (AvgIpc) is 2.74. The summed E-state index contributed by atoms with van der Waals surface area (Å²) in [6, 6.07) is 7.16. The molecule has 0 amide bonds. The fourth-order valence-corrected chi connectivity index (χ4v) is 3.23. The maximum absolute atomic E-state index is 11.5. The van der Waals surface area contributed by atoms with E-state index in [2.05, 4.69) is 4.67 Å². The monoisotopic (exact) mass is 324 g/mol. The normalized spacial score (nSPS) is 20.5. The number of rotatable bonds is 3. The van der Waals surface area contributed by atoms with Crippen LogP contribution in [-0.4, -0.2) is 16.5 Å². The Balaban J connectivity index is 2.35. The average molecular weight is 324 g/mol. The Labute approximate surface area is 128 Å². The van der Waals surface area contributed by atoms with Crippen molar-refractivity contribution in [1.29, 1.82) is 0 Å². The molecule has 0 saturated carbocycles. The molecular weight excluding hydrogens is 307 g/mol. The second-order valence-corrected chi connectivity index (χ2v) is 6.74. The molecule has 7 heteroatoms. The number of hydrogen-bond acceptors (Lipinski definition) is 6. The van der Waals surface area contributed by atoms with E-state index in [0.29, 0.717) is 16.7 Å². The van der Waals surface area contributed by atoms with Gasteiger partial charge in [0.1, 0.15) is 11.9 Å². The van der Waals surface area contributed by atoms with Gasteiger partial charge in [-0.1, -0.05) is 38.1 Å². The predicted octanol–water partition coefficient (Wildman–Crippen LogP) is 3.86. The molecule has 0 aliphatic carbocycles. The Bertz CT molecular complexity index is 770. The van der Waals surface area contributed by atoms with Crippen molar-refractivity contribution in [3.63, 3.8) is 0 Å². The van der Waals surface area contributed by atoms with E-state index in [4.69, 9.17) is 14.5 Å². The van der Waals surface area contributed by atoms with Gasteiger partial charge >= 0.3 is 8.25 Å². The Morgan fingerprint density at radius 3 is 2.55 bits per heavy atom. The largest absolute Gasteiger partial charge is 0.504 e. The van der Waals surface area contributed by atoms with E-state index in [0.717, 1.165) is 5.39 Å². The minimum atomic E-state index is -3.16. The van der Waals surface area contributed by atoms with E-state index < -0.39 is 13.7 Å². The summed E-state index contributed by atoms with van der Waals surface area (Å²) in [6.45, 7) is 5.83. The fourth-order valence-electron chi connectivity index (χ4n) is 2.82. The van der Waals surface area contributed by atoms with Gasteiger partial charge < -0.3 is 14.4 Å². The summed E-state index contributed by atoms with van der Waals surface area (Å²) < 4.78 is 26.2. The van der Waals surface area contributed by atoms with E-state index in [1.54, 1.807) is 12.1 Å². The van der Waals surface area contributed by atoms with E-state index in [1.165, 1.54) is 0 Å². The van der Waals surface area contributed by atoms with Crippen molar-refractivity contribution in [3.8, 4) is 17.2 Å². The number of aromatic hydroxyl groups is 1. The molecule has 2 aromatic carbocycles. The van der Waals surface area contributed by atoms with Gasteiger partial charge in [0.2, 0.25) is 0 Å². The third-order valence-corrected chi connectivity index (χ3v) is 4.83. The van der Waals surface area contributed by atoms with Crippen LogP contribution in [0.25, 0.3) is 10.8 Å². The summed E-state index contributed by atoms with van der Waals surface area (Å²) in [5.41, 5.74) is 0.152. The van der Waals surface area contributed by atoms with Crippen LogP contribution < -0.4 is 9.26 Å². The topological polar surface area (TPSA) is 85.2 Å². The van der Waals surface area contributed by atoms with E-state index in [-0.39, 0.29) is 17.6 Å². The molecule has 0 saturated heterocycles. The molecule has 2 atom stereocenters. The van der Waals surface area contributed by atoms with E-state index in [9.17, 15) is 9.67 Å². The molecule has 1 unspecified atom stereocenters. The first-order chi connectivity index (χ1) is 10.4. The van der Waals surface area contributed by atoms with Gasteiger partial charge in [0, 0.05) is 21.8 Å². The van der Waals surface area contributed by atoms with Crippen molar-refractivity contribution >= 4 is 19.0 Å². The van der Waals surface area contributed by atoms with Gasteiger partial charge in [-0.25, -0.2) is 9.82 Å². The minimum Gasteiger partial charge on any atom is -0.504 e. The molecule has 0 spiro atoms. The Hall–Kier alpha value is -1.75. The zero-order valence-electron chi connectivity index (χ0n) is 12.4. The third kappa shape index (κ3) is 2.07. The van der Waals surface area contributed by atoms with Crippen molar-refractivity contribution in [3.05, 3.63) is 29.8 Å². The molecule has 0 radical (unpaired) electrons. The standard InChI is InChI=1S/C15H17O6P/c1-8-15(2,3)11-12(16)14(20-22(18)21-17)10-7-5-4-6-9(10)13(11)19-8/h4-8,16-17,22H,1-3H3/t8-/m1/s1. The number of fused-ring (bicyclic) bond motifs is 3. The lowest BCUT2D eigenvalue weighted by molar-refractivity contribution is -0.137. The van der Waals surface area contributed by atoms with Crippen LogP contribution in [0.1, 0.15) is 26.3 Å². The van der Waals surface area contributed by atoms with Gasteiger partial charge in [-0.05, 0) is 6.92 Å². The summed E-state index contributed by atoms with van der Waals surface area (Å²) in [5, 5.41) is 20.4. The third-order valence-electron chi connectivity index (χ3n) is 4.31. The Morgan fingerprint density at radius 2 is 1.91 bits per heavy atom. The zero-order valence-corrected chi connectivity index (χ0v) is 13.4. The fraction of sp³-hybridized carbons (Fsp3) is 0.333. The first kappa shape index (κ1) is 15.2. The molecule has 0 fully saturated rings. The minimum absolute atomic E-state index is 0.0260. The van der Waals surface area contributed by atoms with Gasteiger partial charge in [0.15, 0.2) is 11.5 Å². The molecule has 6 nitrogen and oxygen atoms in total. The Kier molecular flexibility index (Phi) is 3.56. The molecule has 3 rings (SSSR count). The zero-order chi connectivity index (χ0) is 16.1. The van der Waals surface area contributed by atoms with Crippen LogP contribution in [0.5, 0.6) is 17.2 Å². The van der Waals surface area contributed by atoms with Gasteiger partial charge in [-0.3, -0.25) is 0 Å². The van der Waals surface area contributed by atoms with Crippen LogP contribution in [0.15, 0.2) is 24.3 Å². The van der Waals surface area contributed by atoms with Gasteiger partial charge in [-0.2, -0.15) is 0 Å². The van der Waals surface area contributed by atoms with Crippen molar-refractivity contribution < 1.29 is 28.9 Å². The first-order valence-electron chi connectivity index (χ1n) is 6.86. The molecule has 0 aromatic heterocycles. The lowest BCUT2D eigenvalue weighted by Gasteiger charge is -2.23. The highest BCUT2D eigenvalue weighted by molar-refractivity contribution is 7.33. The van der Waals surface area contributed by atoms with Gasteiger partial charge in [0.25, 0.3) is 0 Å². The number of benzene rings is 2. The molecule has 118 valence electrons. The van der Waals surface area contributed by atoms with Crippen LogP contribution in [0, 0.1) is 0 Å². The molecule has 2 N–H and O–H groups in total. The van der Waals surface area contributed by atoms with Crippen LogP contribution in [0.2, 0.25) is 0 Å². The van der Waals surface area contributed by atoms with E-state index in [1.807, 2.05) is 32.9 Å². The second kappa shape index (κ2) is 5.16. The highest BCUT2D eigenvalue weighted by Crippen LogP contribution is 2.56. The molecule has 1 aliphatic heterocycles. The Morgan fingerprint density at radius 1 is 1.27 bits per heavy atom. The molecular formula is C15H17O6P. The van der Waals surface area contributed by atoms with Gasteiger partial charge in [0.05, 0.1) is 0 Å². The predicted molar refractivity (Wildman–Crippen MR) is 82.1 cm³/mol. The molecule has 2 aromatic rings. The summed E-state index contributed by atoms with van der Waals surface area (Å²) in [7, 11) is -3.16. The molecule has 1 aliphatic rings. The van der Waals surface area contributed by atoms with Crippen LogP contribution in [0.3, 0.4) is 0 Å². The van der Waals surface area contributed by atoms with Crippen LogP contribution in [0.4, 0.5) is 0 Å². The highest BCUT2D eigenvalue weighted by Gasteiger charge is 2.43. The summed E-state index contributed by atoms with van der Waals surface area (Å²) in [5.74, 6) is 0.485. The number of ether oxygens (including phenoxy) is 1. The number of hydrogen-bond donors (Lipinski definition) is 2. The summed E-state index contributed by atoms with van der Waals surface area (Å²) in [4.78, 5) is 0.